The van der Waals surface area contributed by atoms with E-state index in [-0.39, 0.29) is 12.5 Å². The Morgan fingerprint density at radius 2 is 1.84 bits per heavy atom. The Labute approximate surface area is 193 Å². The van der Waals surface area contributed by atoms with Crippen LogP contribution in [0.25, 0.3) is 0 Å². The minimum absolute atomic E-state index is 0.0471. The van der Waals surface area contributed by atoms with E-state index in [0.29, 0.717) is 54.9 Å². The van der Waals surface area contributed by atoms with Crippen molar-refractivity contribution >= 4 is 29.1 Å². The number of para-hydroxylation sites is 1. The second kappa shape index (κ2) is 11.6. The molecule has 6 nitrogen and oxygen atoms in total. The third-order valence-corrected chi connectivity index (χ3v) is 5.95. The molecule has 2 N–H and O–H groups in total. The lowest BCUT2D eigenvalue weighted by atomic mass is 9.96. The fourth-order valence-corrected chi connectivity index (χ4v) is 3.74. The molecule has 0 spiro atoms. The zero-order valence-corrected chi connectivity index (χ0v) is 18.9. The summed E-state index contributed by atoms with van der Waals surface area (Å²) in [6, 6.07) is 14.5. The van der Waals surface area contributed by atoms with Crippen molar-refractivity contribution in [2.45, 2.75) is 24.9 Å². The second-order valence-corrected chi connectivity index (χ2v) is 8.54. The second-order valence-electron chi connectivity index (χ2n) is 7.73. The molecule has 0 saturated carbocycles. The van der Waals surface area contributed by atoms with Gasteiger partial charge in [-0.25, -0.2) is 0 Å². The van der Waals surface area contributed by atoms with Gasteiger partial charge in [0.1, 0.15) is 24.7 Å². The molecule has 1 aliphatic heterocycles. The summed E-state index contributed by atoms with van der Waals surface area (Å²) in [5.41, 5.74) is -0.944. The first-order valence-corrected chi connectivity index (χ1v) is 11.2. The molecule has 0 radical (unpaired) electrons. The Morgan fingerprint density at radius 3 is 2.61 bits per heavy atom. The number of benzene rings is 2. The van der Waals surface area contributed by atoms with Crippen LogP contribution in [0, 0.1) is 0 Å². The lowest BCUT2D eigenvalue weighted by Crippen LogP contribution is -2.40. The van der Waals surface area contributed by atoms with Gasteiger partial charge in [-0.05, 0) is 50.1 Å². The Bertz CT molecular complexity index is 853. The highest BCUT2D eigenvalue weighted by molar-refractivity contribution is 6.42. The van der Waals surface area contributed by atoms with E-state index in [1.165, 1.54) is 0 Å². The molecule has 31 heavy (non-hydrogen) atoms. The van der Waals surface area contributed by atoms with Gasteiger partial charge in [0.05, 0.1) is 28.7 Å². The Hall–Kier alpha value is -1.99. The Balaban J connectivity index is 1.37. The van der Waals surface area contributed by atoms with E-state index in [4.69, 9.17) is 32.7 Å². The highest BCUT2D eigenvalue weighted by Crippen LogP contribution is 2.28. The van der Waals surface area contributed by atoms with Crippen LogP contribution in [0.3, 0.4) is 0 Å². The summed E-state index contributed by atoms with van der Waals surface area (Å²) < 4.78 is 11.3. The van der Waals surface area contributed by atoms with Crippen LogP contribution < -0.4 is 14.8 Å². The minimum atomic E-state index is -0.944. The van der Waals surface area contributed by atoms with Crippen molar-refractivity contribution in [2.24, 2.45) is 0 Å². The molecule has 0 aromatic heterocycles. The predicted octanol–water partition coefficient (Wildman–Crippen LogP) is 3.78. The first-order chi connectivity index (χ1) is 14.9. The number of rotatable bonds is 9. The van der Waals surface area contributed by atoms with Crippen LogP contribution in [-0.4, -0.2) is 60.9 Å². The van der Waals surface area contributed by atoms with Crippen molar-refractivity contribution in [3.05, 3.63) is 58.6 Å². The number of ether oxygens (including phenoxy) is 2. The lowest BCUT2D eigenvalue weighted by molar-refractivity contribution is -0.122. The zero-order chi connectivity index (χ0) is 22.1. The topological polar surface area (TPSA) is 71.0 Å². The van der Waals surface area contributed by atoms with E-state index in [0.717, 1.165) is 18.7 Å². The van der Waals surface area contributed by atoms with E-state index in [2.05, 4.69) is 10.2 Å². The third-order valence-electron chi connectivity index (χ3n) is 5.21. The number of hydrogen-bond donors (Lipinski definition) is 2. The number of halogens is 2. The molecule has 3 rings (SSSR count). The van der Waals surface area contributed by atoms with Gasteiger partial charge >= 0.3 is 0 Å². The molecule has 1 heterocycles. The Kier molecular flexibility index (Phi) is 8.84. The molecule has 1 fully saturated rings. The average Bonchev–Trinajstić information content (AvgIpc) is 2.95. The summed E-state index contributed by atoms with van der Waals surface area (Å²) in [5.74, 6) is 1.31. The summed E-state index contributed by atoms with van der Waals surface area (Å²) in [7, 11) is 0. The van der Waals surface area contributed by atoms with Crippen LogP contribution in [0.5, 0.6) is 11.5 Å². The molecule has 168 valence electrons. The number of carbonyl (C=O) groups excluding carboxylic acids is 1. The van der Waals surface area contributed by atoms with Crippen molar-refractivity contribution < 1.29 is 19.4 Å². The van der Waals surface area contributed by atoms with Crippen molar-refractivity contribution in [2.75, 3.05) is 39.4 Å². The number of nitrogens with one attached hydrogen (secondary N) is 1. The standard InChI is InChI=1S/C23H28Cl2N2O4/c24-20-8-7-19(15-21(20)25)31-17-23(29)9-4-12-27(13-10-23)16-22(28)26-11-14-30-18-5-2-1-3-6-18/h1-3,5-8,15,29H,4,9-14,16-17H2,(H,26,28)/t23-/m1/s1. The summed E-state index contributed by atoms with van der Waals surface area (Å²) in [6.45, 7) is 2.71. The molecule has 1 aliphatic rings. The van der Waals surface area contributed by atoms with E-state index < -0.39 is 5.60 Å². The molecule has 0 bridgehead atoms. The number of likely N-dealkylation sites (tertiary alicyclic amines) is 1. The highest BCUT2D eigenvalue weighted by Gasteiger charge is 2.31. The zero-order valence-electron chi connectivity index (χ0n) is 17.4. The highest BCUT2D eigenvalue weighted by atomic mass is 35.5. The summed E-state index contributed by atoms with van der Waals surface area (Å²) in [4.78, 5) is 14.3. The molecule has 2 aromatic rings. The van der Waals surface area contributed by atoms with E-state index in [1.807, 2.05) is 30.3 Å². The molecule has 8 heteroatoms. The van der Waals surface area contributed by atoms with Crippen LogP contribution in [0.4, 0.5) is 0 Å². The van der Waals surface area contributed by atoms with Crippen molar-refractivity contribution in [3.8, 4) is 11.5 Å². The maximum absolute atomic E-state index is 12.2. The molecule has 2 aromatic carbocycles. The molecule has 1 atom stereocenters. The first kappa shape index (κ1) is 23.7. The van der Waals surface area contributed by atoms with Gasteiger partial charge in [0.2, 0.25) is 5.91 Å². The van der Waals surface area contributed by atoms with Crippen molar-refractivity contribution in [1.29, 1.82) is 0 Å². The monoisotopic (exact) mass is 466 g/mol. The SMILES string of the molecule is O=C(CN1CCC[C@](O)(COc2ccc(Cl)c(Cl)c2)CC1)NCCOc1ccccc1. The molecular formula is C23H28Cl2N2O4. The predicted molar refractivity (Wildman–Crippen MR) is 122 cm³/mol. The number of aliphatic hydroxyl groups is 1. The minimum Gasteiger partial charge on any atom is -0.492 e. The van der Waals surface area contributed by atoms with Gasteiger partial charge in [-0.2, -0.15) is 0 Å². The molecule has 0 unspecified atom stereocenters. The quantitative estimate of drug-likeness (QED) is 0.550. The number of hydrogen-bond acceptors (Lipinski definition) is 5. The van der Waals surface area contributed by atoms with Crippen LogP contribution in [-0.2, 0) is 4.79 Å². The smallest absolute Gasteiger partial charge is 0.234 e. The Morgan fingerprint density at radius 1 is 1.03 bits per heavy atom. The molecule has 1 saturated heterocycles. The maximum Gasteiger partial charge on any atom is 0.234 e. The summed E-state index contributed by atoms with van der Waals surface area (Å²) in [5, 5.41) is 14.7. The van der Waals surface area contributed by atoms with Gasteiger partial charge < -0.3 is 19.9 Å². The van der Waals surface area contributed by atoms with Crippen LogP contribution in [0.1, 0.15) is 19.3 Å². The van der Waals surface area contributed by atoms with Crippen LogP contribution in [0.2, 0.25) is 10.0 Å². The van der Waals surface area contributed by atoms with Crippen molar-refractivity contribution in [3.63, 3.8) is 0 Å². The summed E-state index contributed by atoms with van der Waals surface area (Å²) >= 11 is 11.9. The van der Waals surface area contributed by atoms with Crippen LogP contribution in [0.15, 0.2) is 48.5 Å². The molecule has 1 amide bonds. The fraction of sp³-hybridized carbons (Fsp3) is 0.435. The van der Waals surface area contributed by atoms with Gasteiger partial charge in [-0.1, -0.05) is 41.4 Å². The number of carbonyl (C=O) groups is 1. The van der Waals surface area contributed by atoms with Gasteiger partial charge in [0.25, 0.3) is 0 Å². The van der Waals surface area contributed by atoms with E-state index >= 15 is 0 Å². The number of nitrogens with zero attached hydrogens (tertiary/aromatic N) is 1. The van der Waals surface area contributed by atoms with Gasteiger partial charge in [-0.15, -0.1) is 0 Å². The third kappa shape index (κ3) is 7.89. The average molecular weight is 467 g/mol. The van der Waals surface area contributed by atoms with Crippen molar-refractivity contribution in [1.82, 2.24) is 10.2 Å². The lowest BCUT2D eigenvalue weighted by Gasteiger charge is -2.27. The van der Waals surface area contributed by atoms with Gasteiger partial charge in [0, 0.05) is 12.6 Å². The molecular weight excluding hydrogens is 439 g/mol. The van der Waals surface area contributed by atoms with Crippen LogP contribution >= 0.6 is 23.2 Å². The largest absolute Gasteiger partial charge is 0.492 e. The van der Waals surface area contributed by atoms with E-state index in [1.54, 1.807) is 18.2 Å². The maximum atomic E-state index is 12.2. The molecule has 0 aliphatic carbocycles. The normalized spacial score (nSPS) is 19.5. The van der Waals surface area contributed by atoms with Gasteiger partial charge in [-0.3, -0.25) is 9.69 Å². The van der Waals surface area contributed by atoms with Gasteiger partial charge in [0.15, 0.2) is 0 Å². The fourth-order valence-electron chi connectivity index (χ4n) is 3.46. The van der Waals surface area contributed by atoms with E-state index in [9.17, 15) is 9.90 Å². The first-order valence-electron chi connectivity index (χ1n) is 10.4. The summed E-state index contributed by atoms with van der Waals surface area (Å²) in [6.07, 6.45) is 1.92. The number of amides is 1.